The number of carbonyl (C=O) groups is 1. The van der Waals surface area contributed by atoms with Crippen LogP contribution in [0, 0.1) is 0 Å². The van der Waals surface area contributed by atoms with E-state index in [1.54, 1.807) is 7.05 Å². The van der Waals surface area contributed by atoms with Crippen LogP contribution in [0.4, 0.5) is 0 Å². The number of amides is 1. The topological polar surface area (TPSA) is 50.4 Å². The molecule has 19 heavy (non-hydrogen) atoms. The first kappa shape index (κ1) is 16.0. The van der Waals surface area contributed by atoms with Crippen molar-refractivity contribution in [2.24, 2.45) is 0 Å². The quantitative estimate of drug-likeness (QED) is 0.721. The minimum atomic E-state index is 0.0450. The van der Waals surface area contributed by atoms with Crippen LogP contribution in [0.3, 0.4) is 0 Å². The van der Waals surface area contributed by atoms with Crippen molar-refractivity contribution < 1.29 is 9.53 Å². The molecule has 0 atom stereocenters. The second kappa shape index (κ2) is 8.93. The van der Waals surface area contributed by atoms with Gasteiger partial charge in [-0.3, -0.25) is 4.79 Å². The highest BCUT2D eigenvalue weighted by molar-refractivity contribution is 9.10. The summed E-state index contributed by atoms with van der Waals surface area (Å²) in [7, 11) is 1.64. The summed E-state index contributed by atoms with van der Waals surface area (Å²) in [6.45, 7) is 4.43. The van der Waals surface area contributed by atoms with E-state index >= 15 is 0 Å². The number of ether oxygens (including phenoxy) is 1. The molecule has 0 aliphatic heterocycles. The predicted molar refractivity (Wildman–Crippen MR) is 80.3 cm³/mol. The fourth-order valence-electron chi connectivity index (χ4n) is 1.58. The molecule has 2 N–H and O–H groups in total. The summed E-state index contributed by atoms with van der Waals surface area (Å²) in [6.07, 6.45) is 1.21. The second-order valence-corrected chi connectivity index (χ2v) is 5.02. The van der Waals surface area contributed by atoms with Gasteiger partial charge in [0.1, 0.15) is 5.75 Å². The molecule has 106 valence electrons. The summed E-state index contributed by atoms with van der Waals surface area (Å²) >= 11 is 3.50. The molecule has 0 aliphatic rings. The molecule has 0 bridgehead atoms. The molecule has 0 unspecified atom stereocenters. The summed E-state index contributed by atoms with van der Waals surface area (Å²) in [5, 5.41) is 5.87. The summed E-state index contributed by atoms with van der Waals surface area (Å²) in [5.41, 5.74) is 1.21. The zero-order valence-corrected chi connectivity index (χ0v) is 13.0. The third-order valence-electron chi connectivity index (χ3n) is 2.66. The molecule has 1 aromatic carbocycles. The minimum absolute atomic E-state index is 0.0450. The van der Waals surface area contributed by atoms with Crippen molar-refractivity contribution in [2.75, 3.05) is 20.2 Å². The first-order chi connectivity index (χ1) is 9.17. The van der Waals surface area contributed by atoms with E-state index in [4.69, 9.17) is 4.74 Å². The Bertz CT molecular complexity index is 410. The average Bonchev–Trinajstić information content (AvgIpc) is 2.42. The van der Waals surface area contributed by atoms with Gasteiger partial charge in [0.05, 0.1) is 11.1 Å². The number of carbonyl (C=O) groups excluding carboxylic acids is 1. The lowest BCUT2D eigenvalue weighted by molar-refractivity contribution is -0.120. The van der Waals surface area contributed by atoms with Crippen LogP contribution in [-0.4, -0.2) is 26.1 Å². The first-order valence-electron chi connectivity index (χ1n) is 6.50. The van der Waals surface area contributed by atoms with Crippen molar-refractivity contribution in [3.63, 3.8) is 0 Å². The van der Waals surface area contributed by atoms with E-state index in [0.717, 1.165) is 23.3 Å². The van der Waals surface area contributed by atoms with Gasteiger partial charge >= 0.3 is 0 Å². The summed E-state index contributed by atoms with van der Waals surface area (Å²) < 4.78 is 6.59. The van der Waals surface area contributed by atoms with Crippen LogP contribution < -0.4 is 15.4 Å². The van der Waals surface area contributed by atoms with Gasteiger partial charge in [0, 0.05) is 20.0 Å². The fraction of sp³-hybridized carbons (Fsp3) is 0.500. The van der Waals surface area contributed by atoms with Gasteiger partial charge in [-0.1, -0.05) is 13.0 Å². The van der Waals surface area contributed by atoms with Gasteiger partial charge in [-0.15, -0.1) is 0 Å². The van der Waals surface area contributed by atoms with Crippen LogP contribution in [0.2, 0.25) is 0 Å². The average molecular weight is 329 g/mol. The van der Waals surface area contributed by atoms with Gasteiger partial charge < -0.3 is 15.4 Å². The lowest BCUT2D eigenvalue weighted by atomic mass is 10.2. The van der Waals surface area contributed by atoms with Crippen molar-refractivity contribution in [1.29, 1.82) is 0 Å². The predicted octanol–water partition coefficient (Wildman–Crippen LogP) is 2.46. The van der Waals surface area contributed by atoms with E-state index in [0.29, 0.717) is 19.4 Å². The van der Waals surface area contributed by atoms with Crippen LogP contribution in [0.25, 0.3) is 0 Å². The summed E-state index contributed by atoms with van der Waals surface area (Å²) in [6, 6.07) is 6.05. The second-order valence-electron chi connectivity index (χ2n) is 4.17. The molecule has 0 radical (unpaired) electrons. The first-order valence-corrected chi connectivity index (χ1v) is 7.29. The summed E-state index contributed by atoms with van der Waals surface area (Å²) in [5.74, 6) is 0.862. The van der Waals surface area contributed by atoms with Crippen molar-refractivity contribution in [3.8, 4) is 5.75 Å². The van der Waals surface area contributed by atoms with Gasteiger partial charge in [-0.2, -0.15) is 0 Å². The Balaban J connectivity index is 2.39. The molecule has 0 aliphatic carbocycles. The Morgan fingerprint density at radius 1 is 1.42 bits per heavy atom. The number of hydrogen-bond acceptors (Lipinski definition) is 3. The normalized spacial score (nSPS) is 10.3. The molecule has 0 saturated heterocycles. The lowest BCUT2D eigenvalue weighted by Crippen LogP contribution is -2.18. The molecule has 0 heterocycles. The molecule has 0 saturated carbocycles. The van der Waals surface area contributed by atoms with Crippen LogP contribution in [0.15, 0.2) is 22.7 Å². The van der Waals surface area contributed by atoms with Gasteiger partial charge in [0.2, 0.25) is 5.91 Å². The standard InChI is InChI=1S/C14H21BrN2O2/c1-3-17-10-11-6-7-13(12(15)9-11)19-8-4-5-14(18)16-2/h6-7,9,17H,3-5,8,10H2,1-2H3,(H,16,18). The third-order valence-corrected chi connectivity index (χ3v) is 3.28. The maximum absolute atomic E-state index is 11.1. The van der Waals surface area contributed by atoms with E-state index in [1.807, 2.05) is 12.1 Å². The Morgan fingerprint density at radius 2 is 2.21 bits per heavy atom. The number of nitrogens with one attached hydrogen (secondary N) is 2. The van der Waals surface area contributed by atoms with Crippen molar-refractivity contribution in [2.45, 2.75) is 26.3 Å². The SMILES string of the molecule is CCNCc1ccc(OCCCC(=O)NC)c(Br)c1. The van der Waals surface area contributed by atoms with Gasteiger partial charge in [0.25, 0.3) is 0 Å². The van der Waals surface area contributed by atoms with Crippen LogP contribution in [0.1, 0.15) is 25.3 Å². The smallest absolute Gasteiger partial charge is 0.219 e. The van der Waals surface area contributed by atoms with Crippen molar-refractivity contribution in [3.05, 3.63) is 28.2 Å². The fourth-order valence-corrected chi connectivity index (χ4v) is 2.12. The van der Waals surface area contributed by atoms with E-state index in [-0.39, 0.29) is 5.91 Å². The Kier molecular flexibility index (Phi) is 7.52. The van der Waals surface area contributed by atoms with Gasteiger partial charge in [-0.25, -0.2) is 0 Å². The maximum Gasteiger partial charge on any atom is 0.219 e. The molecule has 0 aromatic heterocycles. The monoisotopic (exact) mass is 328 g/mol. The van der Waals surface area contributed by atoms with E-state index < -0.39 is 0 Å². The highest BCUT2D eigenvalue weighted by Crippen LogP contribution is 2.26. The molecule has 4 nitrogen and oxygen atoms in total. The highest BCUT2D eigenvalue weighted by Gasteiger charge is 2.03. The zero-order valence-electron chi connectivity index (χ0n) is 11.5. The Labute approximate surface area is 123 Å². The van der Waals surface area contributed by atoms with E-state index in [2.05, 4.69) is 39.6 Å². The Hall–Kier alpha value is -1.07. The van der Waals surface area contributed by atoms with E-state index in [9.17, 15) is 4.79 Å². The molecule has 1 rings (SSSR count). The lowest BCUT2D eigenvalue weighted by Gasteiger charge is -2.10. The van der Waals surface area contributed by atoms with Gasteiger partial charge in [0.15, 0.2) is 0 Å². The largest absolute Gasteiger partial charge is 0.492 e. The third kappa shape index (κ3) is 6.07. The maximum atomic E-state index is 11.1. The molecular weight excluding hydrogens is 308 g/mol. The van der Waals surface area contributed by atoms with Gasteiger partial charge in [-0.05, 0) is 46.6 Å². The van der Waals surface area contributed by atoms with Crippen LogP contribution >= 0.6 is 15.9 Å². The molecule has 0 fully saturated rings. The minimum Gasteiger partial charge on any atom is -0.492 e. The molecule has 1 amide bonds. The molecule has 0 spiro atoms. The summed E-state index contributed by atoms with van der Waals surface area (Å²) in [4.78, 5) is 11.1. The molecule has 1 aromatic rings. The van der Waals surface area contributed by atoms with Crippen molar-refractivity contribution >= 4 is 21.8 Å². The highest BCUT2D eigenvalue weighted by atomic mass is 79.9. The van der Waals surface area contributed by atoms with Crippen molar-refractivity contribution in [1.82, 2.24) is 10.6 Å². The number of benzene rings is 1. The number of halogens is 1. The zero-order chi connectivity index (χ0) is 14.1. The van der Waals surface area contributed by atoms with Crippen LogP contribution in [-0.2, 0) is 11.3 Å². The number of rotatable bonds is 8. The van der Waals surface area contributed by atoms with E-state index in [1.165, 1.54) is 5.56 Å². The molecule has 5 heteroatoms. The van der Waals surface area contributed by atoms with Crippen LogP contribution in [0.5, 0.6) is 5.75 Å². The Morgan fingerprint density at radius 3 is 2.84 bits per heavy atom. The molecular formula is C14H21BrN2O2. The number of hydrogen-bond donors (Lipinski definition) is 2.